The minimum atomic E-state index is 0.449. The highest BCUT2D eigenvalue weighted by Gasteiger charge is 2.24. The van der Waals surface area contributed by atoms with E-state index >= 15 is 0 Å². The van der Waals surface area contributed by atoms with Gasteiger partial charge in [-0.1, -0.05) is 32.5 Å². The Labute approximate surface area is 160 Å². The monoisotopic (exact) mass is 383 g/mol. The van der Waals surface area contributed by atoms with Gasteiger partial charge in [-0.15, -0.1) is 21.5 Å². The van der Waals surface area contributed by atoms with Crippen LogP contribution in [0.5, 0.6) is 0 Å². The van der Waals surface area contributed by atoms with Crippen molar-refractivity contribution in [1.29, 1.82) is 0 Å². The van der Waals surface area contributed by atoms with Gasteiger partial charge in [0.05, 0.1) is 5.52 Å². The van der Waals surface area contributed by atoms with Gasteiger partial charge in [0.25, 0.3) is 0 Å². The standard InChI is InChI=1S/C19H21N5S2/c1-4-25-19-23-22-17-16-15(20-9-24(17)19)13-11-7-5-6-8-12(11)14(10(2)3)21-18(13)26-16/h9-10H,4-8H2,1-3H3. The number of hydrogen-bond acceptors (Lipinski definition) is 6. The molecule has 1 aliphatic rings. The van der Waals surface area contributed by atoms with Gasteiger partial charge in [-0.05, 0) is 48.5 Å². The number of nitrogens with zero attached hydrogens (tertiary/aromatic N) is 5. The van der Waals surface area contributed by atoms with Gasteiger partial charge in [-0.2, -0.15) is 0 Å². The molecule has 0 aliphatic heterocycles. The highest BCUT2D eigenvalue weighted by Crippen LogP contribution is 2.41. The van der Waals surface area contributed by atoms with Gasteiger partial charge in [0.15, 0.2) is 10.8 Å². The van der Waals surface area contributed by atoms with Crippen LogP contribution in [0, 0.1) is 0 Å². The number of aromatic nitrogens is 5. The zero-order chi connectivity index (χ0) is 17.8. The van der Waals surface area contributed by atoms with Crippen molar-refractivity contribution in [2.24, 2.45) is 0 Å². The molecule has 0 amide bonds. The van der Waals surface area contributed by atoms with Gasteiger partial charge >= 0.3 is 0 Å². The summed E-state index contributed by atoms with van der Waals surface area (Å²) < 4.78 is 3.13. The van der Waals surface area contributed by atoms with Crippen LogP contribution in [0.3, 0.4) is 0 Å². The van der Waals surface area contributed by atoms with Crippen LogP contribution in [-0.4, -0.2) is 30.3 Å². The van der Waals surface area contributed by atoms with E-state index in [2.05, 4.69) is 31.0 Å². The Bertz CT molecular complexity index is 1140. The van der Waals surface area contributed by atoms with Gasteiger partial charge in [0.2, 0.25) is 0 Å². The number of thioether (sulfide) groups is 1. The van der Waals surface area contributed by atoms with E-state index in [1.807, 2.05) is 10.7 Å². The topological polar surface area (TPSA) is 56.0 Å². The van der Waals surface area contributed by atoms with Gasteiger partial charge in [-0.3, -0.25) is 4.40 Å². The minimum absolute atomic E-state index is 0.449. The van der Waals surface area contributed by atoms with Crippen LogP contribution in [0.1, 0.15) is 56.4 Å². The first-order valence-corrected chi connectivity index (χ1v) is 11.1. The summed E-state index contributed by atoms with van der Waals surface area (Å²) in [6.07, 6.45) is 6.68. The van der Waals surface area contributed by atoms with Crippen LogP contribution in [0.15, 0.2) is 11.5 Å². The quantitative estimate of drug-likeness (QED) is 0.466. The first kappa shape index (κ1) is 16.4. The molecule has 4 aromatic heterocycles. The molecule has 5 nitrogen and oxygen atoms in total. The molecule has 0 atom stereocenters. The maximum Gasteiger partial charge on any atom is 0.196 e. The SMILES string of the molecule is CCSc1nnc2c3sc4nc(C(C)C)c5c(c4c3ncn12)CCCC5. The predicted octanol–water partition coefficient (Wildman–Crippen LogP) is 5.00. The summed E-state index contributed by atoms with van der Waals surface area (Å²) in [6.45, 7) is 6.62. The summed E-state index contributed by atoms with van der Waals surface area (Å²) in [5.41, 5.74) is 6.20. The molecule has 0 radical (unpaired) electrons. The molecule has 134 valence electrons. The summed E-state index contributed by atoms with van der Waals surface area (Å²) in [4.78, 5) is 11.0. The van der Waals surface area contributed by atoms with Crippen molar-refractivity contribution >= 4 is 49.2 Å². The molecule has 0 aromatic carbocycles. The molecule has 7 heteroatoms. The van der Waals surface area contributed by atoms with Crippen molar-refractivity contribution in [3.05, 3.63) is 23.1 Å². The second-order valence-electron chi connectivity index (χ2n) is 7.13. The number of hydrogen-bond donors (Lipinski definition) is 0. The molecule has 0 spiro atoms. The Balaban J connectivity index is 1.88. The molecule has 0 unspecified atom stereocenters. The van der Waals surface area contributed by atoms with E-state index in [1.165, 1.54) is 35.0 Å². The Hall–Kier alpha value is -1.73. The average Bonchev–Trinajstić information content (AvgIpc) is 3.22. The van der Waals surface area contributed by atoms with Gasteiger partial charge in [0, 0.05) is 11.1 Å². The van der Waals surface area contributed by atoms with Gasteiger partial charge in [-0.25, -0.2) is 9.97 Å². The molecule has 0 fully saturated rings. The largest absolute Gasteiger partial charge is 0.259 e. The first-order valence-electron chi connectivity index (χ1n) is 9.29. The Morgan fingerprint density at radius 1 is 1.19 bits per heavy atom. The van der Waals surface area contributed by atoms with E-state index in [4.69, 9.17) is 9.97 Å². The predicted molar refractivity (Wildman–Crippen MR) is 109 cm³/mol. The highest BCUT2D eigenvalue weighted by atomic mass is 32.2. The van der Waals surface area contributed by atoms with Crippen LogP contribution < -0.4 is 0 Å². The lowest BCUT2D eigenvalue weighted by molar-refractivity contribution is 0.667. The van der Waals surface area contributed by atoms with E-state index in [9.17, 15) is 0 Å². The summed E-state index contributed by atoms with van der Waals surface area (Å²) in [5, 5.41) is 11.0. The van der Waals surface area contributed by atoms with Crippen molar-refractivity contribution in [2.45, 2.75) is 57.5 Å². The number of rotatable bonds is 3. The summed E-state index contributed by atoms with van der Waals surface area (Å²) in [5.74, 6) is 1.42. The molecular formula is C19H21N5S2. The van der Waals surface area contributed by atoms with E-state index in [0.29, 0.717) is 5.92 Å². The number of aryl methyl sites for hydroxylation is 1. The van der Waals surface area contributed by atoms with Crippen LogP contribution >= 0.6 is 23.1 Å². The molecule has 4 aromatic rings. The molecule has 26 heavy (non-hydrogen) atoms. The third-order valence-corrected chi connectivity index (χ3v) is 7.05. The molecular weight excluding hydrogens is 362 g/mol. The zero-order valence-electron chi connectivity index (χ0n) is 15.2. The number of pyridine rings is 1. The summed E-state index contributed by atoms with van der Waals surface area (Å²) in [7, 11) is 0. The zero-order valence-corrected chi connectivity index (χ0v) is 16.9. The van der Waals surface area contributed by atoms with Crippen molar-refractivity contribution in [1.82, 2.24) is 24.6 Å². The molecule has 0 saturated heterocycles. The molecule has 4 heterocycles. The lowest BCUT2D eigenvalue weighted by Crippen LogP contribution is -2.10. The van der Waals surface area contributed by atoms with Crippen molar-refractivity contribution < 1.29 is 0 Å². The van der Waals surface area contributed by atoms with E-state index in [0.717, 1.165) is 44.4 Å². The third-order valence-electron chi connectivity index (χ3n) is 5.16. The highest BCUT2D eigenvalue weighted by molar-refractivity contribution is 7.99. The normalized spacial score (nSPS) is 14.8. The van der Waals surface area contributed by atoms with Crippen LogP contribution in [-0.2, 0) is 12.8 Å². The first-order chi connectivity index (χ1) is 12.7. The fourth-order valence-corrected chi connectivity index (χ4v) is 5.80. The van der Waals surface area contributed by atoms with E-state index in [1.54, 1.807) is 23.1 Å². The lowest BCUT2D eigenvalue weighted by Gasteiger charge is -2.21. The fraction of sp³-hybridized carbons (Fsp3) is 0.474. The molecule has 1 aliphatic carbocycles. The van der Waals surface area contributed by atoms with Crippen molar-refractivity contribution in [2.75, 3.05) is 5.75 Å². The Morgan fingerprint density at radius 2 is 2.00 bits per heavy atom. The Morgan fingerprint density at radius 3 is 2.77 bits per heavy atom. The lowest BCUT2D eigenvalue weighted by atomic mass is 9.86. The number of fused-ring (bicyclic) bond motifs is 7. The maximum absolute atomic E-state index is 5.09. The van der Waals surface area contributed by atoms with Crippen LogP contribution in [0.25, 0.3) is 26.1 Å². The van der Waals surface area contributed by atoms with Crippen LogP contribution in [0.4, 0.5) is 0 Å². The second-order valence-corrected chi connectivity index (χ2v) is 9.36. The Kier molecular flexibility index (Phi) is 3.90. The smallest absolute Gasteiger partial charge is 0.196 e. The van der Waals surface area contributed by atoms with Gasteiger partial charge < -0.3 is 0 Å². The minimum Gasteiger partial charge on any atom is -0.259 e. The molecule has 5 rings (SSSR count). The van der Waals surface area contributed by atoms with Crippen molar-refractivity contribution in [3.8, 4) is 0 Å². The van der Waals surface area contributed by atoms with Gasteiger partial charge in [0.1, 0.15) is 15.9 Å². The summed E-state index contributed by atoms with van der Waals surface area (Å²) in [6, 6.07) is 0. The molecule has 0 N–H and O–H groups in total. The fourth-order valence-electron chi connectivity index (χ4n) is 4.03. The average molecular weight is 384 g/mol. The van der Waals surface area contributed by atoms with E-state index in [-0.39, 0.29) is 0 Å². The third kappa shape index (κ3) is 2.29. The summed E-state index contributed by atoms with van der Waals surface area (Å²) >= 11 is 3.42. The molecule has 0 saturated carbocycles. The van der Waals surface area contributed by atoms with Crippen molar-refractivity contribution in [3.63, 3.8) is 0 Å². The second kappa shape index (κ2) is 6.16. The molecule has 0 bridgehead atoms. The van der Waals surface area contributed by atoms with E-state index < -0.39 is 0 Å². The van der Waals surface area contributed by atoms with Crippen LogP contribution in [0.2, 0.25) is 0 Å². The number of thiophene rings is 1. The maximum atomic E-state index is 5.09.